The third-order valence-electron chi connectivity index (χ3n) is 16.7. The molecule has 4 heterocycles. The number of fused-ring (bicyclic) bond motifs is 5. The van der Waals surface area contributed by atoms with Gasteiger partial charge in [-0.15, -0.1) is 5.06 Å². The number of epoxide rings is 1. The minimum atomic E-state index is -1.92. The van der Waals surface area contributed by atoms with Gasteiger partial charge < -0.3 is 95.1 Å². The smallest absolute Gasteiger partial charge is 0.409 e. The van der Waals surface area contributed by atoms with E-state index in [1.807, 2.05) is 13.0 Å². The molecular formula is C63H89ClN10O20S. The molecule has 0 radical (unpaired) electrons. The van der Waals surface area contributed by atoms with E-state index in [1.54, 1.807) is 59.0 Å². The number of carbonyl (C=O) groups is 9. The van der Waals surface area contributed by atoms with Crippen LogP contribution < -0.4 is 52.0 Å². The lowest BCUT2D eigenvalue weighted by atomic mass is 9.83. The SMILES string of the molecule is COc1cc(NC(=O)[C@H](CCCNC(N)=O)NC(=O)[C@@H](NC(=S)NCCOCCOCCC(=O)ON2C(=O)CCC2=O)C(C)C)ccc1C(=O)N(C)[C@@H](C)C(=O)O[C@H]1CC(O)N(C)c2cc(cc(OC)c2Cl)C/C(C)=C/C=C/[C@@H](OC)[C@@]2(O)C[C@H](OC(=O)N2)[C@@H](C)[C@@H]2O[C@@]12C. The van der Waals surface area contributed by atoms with Crippen molar-refractivity contribution >= 4 is 93.9 Å². The summed E-state index contributed by atoms with van der Waals surface area (Å²) >= 11 is 12.4. The molecule has 95 heavy (non-hydrogen) atoms. The topological polar surface area (TPSA) is 388 Å². The van der Waals surface area contributed by atoms with Gasteiger partial charge in [-0.05, 0) is 88.0 Å². The third kappa shape index (κ3) is 20.6. The van der Waals surface area contributed by atoms with Crippen molar-refractivity contribution in [1.82, 2.24) is 36.5 Å². The molecule has 6 rings (SSSR count). The maximum absolute atomic E-state index is 14.5. The fourth-order valence-corrected chi connectivity index (χ4v) is 11.5. The van der Waals surface area contributed by atoms with Crippen molar-refractivity contribution in [1.29, 1.82) is 0 Å². The van der Waals surface area contributed by atoms with E-state index < -0.39 is 120 Å². The van der Waals surface area contributed by atoms with Crippen LogP contribution in [0.4, 0.5) is 21.0 Å². The highest BCUT2D eigenvalue weighted by molar-refractivity contribution is 7.80. The second-order valence-electron chi connectivity index (χ2n) is 24.0. The summed E-state index contributed by atoms with van der Waals surface area (Å²) in [5.41, 5.74) is 4.23. The maximum Gasteiger partial charge on any atom is 0.409 e. The lowest BCUT2D eigenvalue weighted by Gasteiger charge is -2.42. The van der Waals surface area contributed by atoms with Crippen LogP contribution in [0.3, 0.4) is 0 Å². The van der Waals surface area contributed by atoms with Gasteiger partial charge in [-0.1, -0.05) is 56.2 Å². The van der Waals surface area contributed by atoms with Crippen molar-refractivity contribution in [3.63, 3.8) is 0 Å². The summed E-state index contributed by atoms with van der Waals surface area (Å²) in [4.78, 5) is 124. The summed E-state index contributed by atoms with van der Waals surface area (Å²) in [5, 5.41) is 41.3. The highest BCUT2D eigenvalue weighted by Gasteiger charge is 2.64. The number of thiocarbonyl (C=S) groups is 1. The van der Waals surface area contributed by atoms with Crippen LogP contribution in [0.5, 0.6) is 11.5 Å². The minimum Gasteiger partial charge on any atom is -0.496 e. The van der Waals surface area contributed by atoms with Gasteiger partial charge in [0, 0.05) is 77.6 Å². The number of aliphatic hydroxyl groups excluding tert-OH is 1. The van der Waals surface area contributed by atoms with E-state index in [1.165, 1.54) is 58.4 Å². The zero-order valence-corrected chi connectivity index (χ0v) is 56.8. The van der Waals surface area contributed by atoms with E-state index in [9.17, 15) is 53.4 Å². The second-order valence-corrected chi connectivity index (χ2v) is 24.8. The molecule has 3 fully saturated rings. The number of aliphatic hydroxyl groups is 2. The standard InChI is InChI=1S/C63H89ClN10O20S/c1-34(2)53(70-60(95)67-23-25-90-27-26-89-24-21-51(78)94-74-48(75)19-20-49(74)76)56(80)69-41(15-13-22-66-59(65)83)55(79)68-39-17-18-40(43(31-39)86-9)57(81)72(7)37(5)58(82)92-47-32-50(77)73(8)42-29-38(30-44(87-10)52(42)64)28-35(3)14-12-16-46(88-11)63(85)33-45(91-61(84)71-63)36(4)54-62(47,6)93-54/h12,14,16-18,29-31,34,36-37,41,45-47,50,53-54,77,85H,13,15,19-28,32-33H2,1-11H3,(H,68,79)(H,69,80)(H,71,84)(H3,65,66,83)(H2,67,70,95)/b16-12+,35-14+/t36-,37+,41+,45+,46-,47+,50?,53+,54+,62+,63+/m1/s1. The molecule has 1 unspecified atom stereocenters. The Bertz CT molecular complexity index is 3180. The second kappa shape index (κ2) is 34.7. The molecule has 0 aliphatic carbocycles. The van der Waals surface area contributed by atoms with Gasteiger partial charge in [0.05, 0.1) is 64.4 Å². The van der Waals surface area contributed by atoms with Gasteiger partial charge in [-0.2, -0.15) is 0 Å². The number of allylic oxidation sites excluding steroid dienone is 3. The van der Waals surface area contributed by atoms with Gasteiger partial charge in [0.25, 0.3) is 17.7 Å². The van der Waals surface area contributed by atoms with Crippen LogP contribution >= 0.6 is 23.8 Å². The zero-order chi connectivity index (χ0) is 70.1. The molecule has 2 aromatic rings. The van der Waals surface area contributed by atoms with Crippen LogP contribution in [-0.2, 0) is 68.4 Å². The third-order valence-corrected chi connectivity index (χ3v) is 17.3. The number of nitrogens with zero attached hydrogens (tertiary/aromatic N) is 3. The normalized spacial score (nSPS) is 24.6. The number of benzene rings is 2. The van der Waals surface area contributed by atoms with Gasteiger partial charge >= 0.3 is 24.1 Å². The molecule has 30 nitrogen and oxygen atoms in total. The number of hydrogen-bond donors (Lipinski definition) is 9. The fourth-order valence-electron chi connectivity index (χ4n) is 11.0. The number of carbonyl (C=O) groups excluding carboxylic acids is 9. The first-order valence-corrected chi connectivity index (χ1v) is 31.8. The Labute approximate surface area is 561 Å². The molecule has 524 valence electrons. The lowest BCUT2D eigenvalue weighted by Crippen LogP contribution is -2.63. The number of hydrogen-bond acceptors (Lipinski definition) is 22. The largest absolute Gasteiger partial charge is 0.496 e. The van der Waals surface area contributed by atoms with Crippen LogP contribution in [0.1, 0.15) is 102 Å². The quantitative estimate of drug-likeness (QED) is 0.0204. The number of anilines is 2. The van der Waals surface area contributed by atoms with E-state index in [4.69, 9.17) is 72.3 Å². The number of amides is 8. The number of urea groups is 1. The molecule has 8 amide bonds. The number of imide groups is 1. The highest BCUT2D eigenvalue weighted by atomic mass is 35.5. The number of methoxy groups -OCH3 is 3. The summed E-state index contributed by atoms with van der Waals surface area (Å²) in [7, 11) is 7.17. The van der Waals surface area contributed by atoms with E-state index in [-0.39, 0.29) is 118 Å². The number of nitrogens with two attached hydrogens (primary N) is 1. The first-order chi connectivity index (χ1) is 44.9. The van der Waals surface area contributed by atoms with Crippen molar-refractivity contribution < 1.29 is 96.1 Å². The summed E-state index contributed by atoms with van der Waals surface area (Å²) in [6.07, 6.45) is -1.02. The number of primary amides is 1. The van der Waals surface area contributed by atoms with Crippen molar-refractivity contribution in [3.05, 3.63) is 70.3 Å². The molecule has 32 heteroatoms. The molecule has 0 spiro atoms. The fraction of sp³-hybridized carbons (Fsp3) is 0.587. The molecule has 4 aliphatic heterocycles. The van der Waals surface area contributed by atoms with Crippen molar-refractivity contribution in [2.24, 2.45) is 17.6 Å². The molecule has 10 N–H and O–H groups in total. The van der Waals surface area contributed by atoms with Crippen molar-refractivity contribution in [2.45, 2.75) is 153 Å². The summed E-state index contributed by atoms with van der Waals surface area (Å²) in [6.45, 7) is 11.1. The van der Waals surface area contributed by atoms with Gasteiger partial charge in [-0.25, -0.2) is 19.2 Å². The highest BCUT2D eigenvalue weighted by Crippen LogP contribution is 2.50. The molecule has 4 bridgehead atoms. The summed E-state index contributed by atoms with van der Waals surface area (Å²) < 4.78 is 46.4. The molecule has 11 atom stereocenters. The molecule has 0 aromatic heterocycles. The molecule has 4 aliphatic rings. The summed E-state index contributed by atoms with van der Waals surface area (Å²) in [6, 6.07) is 3.57. The number of rotatable bonds is 27. The molecule has 0 saturated carbocycles. The van der Waals surface area contributed by atoms with Crippen molar-refractivity contribution in [3.8, 4) is 11.5 Å². The zero-order valence-electron chi connectivity index (χ0n) is 55.2. The number of ether oxygens (including phenoxy) is 8. The predicted molar refractivity (Wildman–Crippen MR) is 347 cm³/mol. The molecular weight excluding hydrogens is 1280 g/mol. The van der Waals surface area contributed by atoms with Crippen molar-refractivity contribution in [2.75, 3.05) is 85.2 Å². The number of nitrogens with one attached hydrogen (secondary N) is 6. The van der Waals surface area contributed by atoms with Crippen LogP contribution in [0.25, 0.3) is 0 Å². The number of alkyl carbamates (subject to hydrolysis) is 1. The molecule has 3 saturated heterocycles. The van der Waals surface area contributed by atoms with E-state index in [0.717, 1.165) is 16.0 Å². The van der Waals surface area contributed by atoms with Crippen LogP contribution in [-0.4, -0.2) is 214 Å². The van der Waals surface area contributed by atoms with Crippen LogP contribution in [0, 0.1) is 11.8 Å². The lowest BCUT2D eigenvalue weighted by molar-refractivity contribution is -0.198. The minimum absolute atomic E-state index is 0.00618. The molecule has 2 aromatic carbocycles. The number of hydroxylamine groups is 2. The Morgan fingerprint density at radius 1 is 0.937 bits per heavy atom. The van der Waals surface area contributed by atoms with Gasteiger partial charge in [0.15, 0.2) is 10.8 Å². The Balaban J connectivity index is 1.11. The Kier molecular flexibility index (Phi) is 27.8. The average Bonchev–Trinajstić information content (AvgIpc) is 1.58. The van der Waals surface area contributed by atoms with Crippen LogP contribution in [0.2, 0.25) is 5.02 Å². The van der Waals surface area contributed by atoms with E-state index >= 15 is 0 Å². The van der Waals surface area contributed by atoms with Gasteiger partial charge in [0.1, 0.15) is 64.8 Å². The Morgan fingerprint density at radius 2 is 1.62 bits per heavy atom. The van der Waals surface area contributed by atoms with Crippen LogP contribution in [0.15, 0.2) is 54.1 Å². The Hall–Kier alpha value is -7.91. The number of esters is 1. The Morgan fingerprint density at radius 3 is 2.27 bits per heavy atom. The van der Waals surface area contributed by atoms with E-state index in [0.29, 0.717) is 22.9 Å². The van der Waals surface area contributed by atoms with Gasteiger partial charge in [0.2, 0.25) is 11.8 Å². The number of halogens is 1. The summed E-state index contributed by atoms with van der Waals surface area (Å²) in [5.74, 6) is -5.44. The predicted octanol–water partition coefficient (Wildman–Crippen LogP) is 3.02. The number of likely N-dealkylation sites (N-methyl/N-ethyl adjacent to an activating group) is 1. The first-order valence-electron chi connectivity index (χ1n) is 31.0. The average molecular weight is 1370 g/mol. The maximum atomic E-state index is 14.5. The first kappa shape index (κ1) is 76.1. The van der Waals surface area contributed by atoms with Gasteiger partial charge in [-0.3, -0.25) is 29.3 Å². The van der Waals surface area contributed by atoms with E-state index in [2.05, 4.69) is 31.9 Å². The monoisotopic (exact) mass is 1370 g/mol.